The van der Waals surface area contributed by atoms with Crippen LogP contribution >= 0.6 is 0 Å². The molecule has 0 bridgehead atoms. The minimum Gasteiger partial charge on any atom is -0.313 e. The van der Waals surface area contributed by atoms with E-state index >= 15 is 0 Å². The topological polar surface area (TPSA) is 24.9 Å². The summed E-state index contributed by atoms with van der Waals surface area (Å²) < 4.78 is 0. The summed E-state index contributed by atoms with van der Waals surface area (Å²) >= 11 is 0. The molecule has 0 aliphatic heterocycles. The number of pyridine rings is 1. The molecule has 1 aliphatic carbocycles. The van der Waals surface area contributed by atoms with Gasteiger partial charge in [0.25, 0.3) is 0 Å². The van der Waals surface area contributed by atoms with Crippen LogP contribution in [0.5, 0.6) is 0 Å². The summed E-state index contributed by atoms with van der Waals surface area (Å²) in [5.41, 5.74) is 3.92. The van der Waals surface area contributed by atoms with Crippen LogP contribution in [-0.4, -0.2) is 12.0 Å². The van der Waals surface area contributed by atoms with Crippen molar-refractivity contribution < 1.29 is 0 Å². The fraction of sp³-hybridized carbons (Fsp3) is 0.545. The molecule has 1 heterocycles. The van der Waals surface area contributed by atoms with Crippen molar-refractivity contribution in [1.82, 2.24) is 10.3 Å². The Morgan fingerprint density at radius 1 is 1.54 bits per heavy atom. The first-order chi connectivity index (χ1) is 6.35. The second-order valence-electron chi connectivity index (χ2n) is 3.57. The predicted molar refractivity (Wildman–Crippen MR) is 53.7 cm³/mol. The van der Waals surface area contributed by atoms with Gasteiger partial charge in [-0.2, -0.15) is 0 Å². The highest BCUT2D eigenvalue weighted by Crippen LogP contribution is 2.29. The van der Waals surface area contributed by atoms with E-state index in [1.165, 1.54) is 23.4 Å². The third-order valence-electron chi connectivity index (χ3n) is 2.82. The van der Waals surface area contributed by atoms with E-state index in [0.29, 0.717) is 6.04 Å². The van der Waals surface area contributed by atoms with E-state index in [-0.39, 0.29) is 0 Å². The molecule has 0 amide bonds. The van der Waals surface area contributed by atoms with Crippen LogP contribution in [0.25, 0.3) is 0 Å². The van der Waals surface area contributed by atoms with Crippen LogP contribution in [-0.2, 0) is 12.8 Å². The lowest BCUT2D eigenvalue weighted by Crippen LogP contribution is -2.12. The minimum atomic E-state index is 0.536. The predicted octanol–water partition coefficient (Wildman–Crippen LogP) is 1.85. The maximum Gasteiger partial charge on any atom is 0.0455 e. The molecule has 1 N–H and O–H groups in total. The fourth-order valence-corrected chi connectivity index (χ4v) is 2.01. The van der Waals surface area contributed by atoms with Crippen molar-refractivity contribution in [3.8, 4) is 0 Å². The highest BCUT2D eigenvalue weighted by Gasteiger charge is 2.21. The molecule has 0 radical (unpaired) electrons. The van der Waals surface area contributed by atoms with Crippen molar-refractivity contribution in [3.05, 3.63) is 29.1 Å². The number of hydrogen-bond acceptors (Lipinski definition) is 2. The van der Waals surface area contributed by atoms with E-state index in [1.807, 2.05) is 7.05 Å². The number of aromatic nitrogens is 1. The Morgan fingerprint density at radius 2 is 2.38 bits per heavy atom. The Morgan fingerprint density at radius 3 is 3.08 bits per heavy atom. The average molecular weight is 176 g/mol. The molecule has 1 aliphatic rings. The van der Waals surface area contributed by atoms with Gasteiger partial charge in [-0.05, 0) is 37.9 Å². The normalized spacial score (nSPS) is 20.3. The number of rotatable bonds is 2. The lowest BCUT2D eigenvalue weighted by atomic mass is 10.1. The Balaban J connectivity index is 2.34. The monoisotopic (exact) mass is 176 g/mol. The Hall–Kier alpha value is -0.890. The summed E-state index contributed by atoms with van der Waals surface area (Å²) in [6.45, 7) is 2.15. The quantitative estimate of drug-likeness (QED) is 0.744. The van der Waals surface area contributed by atoms with Gasteiger partial charge in [0, 0.05) is 17.4 Å². The number of hydrogen-bond donors (Lipinski definition) is 1. The summed E-state index contributed by atoms with van der Waals surface area (Å²) in [5.74, 6) is 0. The first-order valence-corrected chi connectivity index (χ1v) is 5.01. The minimum absolute atomic E-state index is 0.536. The average Bonchev–Trinajstić information content (AvgIpc) is 2.59. The highest BCUT2D eigenvalue weighted by atomic mass is 14.9. The zero-order chi connectivity index (χ0) is 9.26. The van der Waals surface area contributed by atoms with Crippen molar-refractivity contribution in [3.63, 3.8) is 0 Å². The first kappa shape index (κ1) is 8.70. The number of nitrogens with zero attached hydrogens (tertiary/aromatic N) is 1. The van der Waals surface area contributed by atoms with Crippen molar-refractivity contribution in [2.75, 3.05) is 7.05 Å². The van der Waals surface area contributed by atoms with Gasteiger partial charge in [-0.25, -0.2) is 0 Å². The molecule has 1 aromatic heterocycles. The van der Waals surface area contributed by atoms with Gasteiger partial charge in [0.2, 0.25) is 0 Å². The Labute approximate surface area is 79.4 Å². The Kier molecular flexibility index (Phi) is 2.32. The third-order valence-corrected chi connectivity index (χ3v) is 2.82. The van der Waals surface area contributed by atoms with E-state index in [2.05, 4.69) is 29.4 Å². The molecule has 1 aromatic rings. The summed E-state index contributed by atoms with van der Waals surface area (Å²) in [6, 6.07) is 4.91. The molecule has 70 valence electrons. The zero-order valence-corrected chi connectivity index (χ0v) is 8.30. The largest absolute Gasteiger partial charge is 0.313 e. The molecule has 0 saturated carbocycles. The second kappa shape index (κ2) is 3.46. The summed E-state index contributed by atoms with van der Waals surface area (Å²) in [4.78, 5) is 4.63. The van der Waals surface area contributed by atoms with Gasteiger partial charge in [-0.15, -0.1) is 0 Å². The lowest BCUT2D eigenvalue weighted by molar-refractivity contribution is 0.590. The molecular formula is C11H16N2. The highest BCUT2D eigenvalue weighted by molar-refractivity contribution is 5.30. The van der Waals surface area contributed by atoms with E-state index < -0.39 is 0 Å². The maximum atomic E-state index is 4.63. The van der Waals surface area contributed by atoms with Gasteiger partial charge in [0.05, 0.1) is 0 Å². The third kappa shape index (κ3) is 1.46. The molecule has 0 aromatic carbocycles. The van der Waals surface area contributed by atoms with E-state index in [1.54, 1.807) is 0 Å². The van der Waals surface area contributed by atoms with Gasteiger partial charge in [-0.3, -0.25) is 4.98 Å². The van der Waals surface area contributed by atoms with Gasteiger partial charge in [0.15, 0.2) is 0 Å². The van der Waals surface area contributed by atoms with Gasteiger partial charge in [-0.1, -0.05) is 13.0 Å². The lowest BCUT2D eigenvalue weighted by Gasteiger charge is -2.09. The van der Waals surface area contributed by atoms with Crippen molar-refractivity contribution >= 4 is 0 Å². The molecular weight excluding hydrogens is 160 g/mol. The molecule has 2 nitrogen and oxygen atoms in total. The van der Waals surface area contributed by atoms with Crippen LogP contribution in [0.3, 0.4) is 0 Å². The molecule has 2 heteroatoms. The molecule has 1 unspecified atom stereocenters. The van der Waals surface area contributed by atoms with E-state index in [9.17, 15) is 0 Å². The smallest absolute Gasteiger partial charge is 0.0455 e. The van der Waals surface area contributed by atoms with Crippen molar-refractivity contribution in [2.24, 2.45) is 0 Å². The first-order valence-electron chi connectivity index (χ1n) is 5.01. The second-order valence-corrected chi connectivity index (χ2v) is 3.57. The van der Waals surface area contributed by atoms with Crippen LogP contribution < -0.4 is 5.32 Å². The van der Waals surface area contributed by atoms with Crippen molar-refractivity contribution in [1.29, 1.82) is 0 Å². The van der Waals surface area contributed by atoms with Gasteiger partial charge in [0.1, 0.15) is 0 Å². The van der Waals surface area contributed by atoms with Crippen LogP contribution in [0, 0.1) is 0 Å². The Bertz CT molecular complexity index is 307. The molecule has 0 saturated heterocycles. The summed E-state index contributed by atoms with van der Waals surface area (Å²) in [6.07, 6.45) is 3.37. The molecule has 1 atom stereocenters. The summed E-state index contributed by atoms with van der Waals surface area (Å²) in [7, 11) is 2.02. The number of aryl methyl sites for hydroxylation is 2. The van der Waals surface area contributed by atoms with Gasteiger partial charge < -0.3 is 5.32 Å². The van der Waals surface area contributed by atoms with Crippen LogP contribution in [0.1, 0.15) is 36.3 Å². The standard InChI is InChI=1S/C11H16N2/c1-3-8-4-5-9-10(12-2)6-7-11(9)13-8/h4-5,10,12H,3,6-7H2,1-2H3. The SMILES string of the molecule is CCc1ccc2c(n1)CCC2NC. The number of nitrogens with one attached hydrogen (secondary N) is 1. The zero-order valence-electron chi connectivity index (χ0n) is 8.30. The molecule has 0 spiro atoms. The molecule has 13 heavy (non-hydrogen) atoms. The fourth-order valence-electron chi connectivity index (χ4n) is 2.01. The van der Waals surface area contributed by atoms with Crippen LogP contribution in [0.15, 0.2) is 12.1 Å². The van der Waals surface area contributed by atoms with Crippen LogP contribution in [0.4, 0.5) is 0 Å². The van der Waals surface area contributed by atoms with Gasteiger partial charge >= 0.3 is 0 Å². The van der Waals surface area contributed by atoms with E-state index in [4.69, 9.17) is 0 Å². The van der Waals surface area contributed by atoms with Crippen molar-refractivity contribution in [2.45, 2.75) is 32.2 Å². The summed E-state index contributed by atoms with van der Waals surface area (Å²) in [5, 5.41) is 3.32. The molecule has 0 fully saturated rings. The van der Waals surface area contributed by atoms with E-state index in [0.717, 1.165) is 12.8 Å². The molecule has 2 rings (SSSR count). The number of fused-ring (bicyclic) bond motifs is 1. The maximum absolute atomic E-state index is 4.63. The van der Waals surface area contributed by atoms with Crippen LogP contribution in [0.2, 0.25) is 0 Å².